The number of alkyl halides is 1. The quantitative estimate of drug-likeness (QED) is 0.388. The van der Waals surface area contributed by atoms with Crippen LogP contribution in [-0.2, 0) is 4.79 Å². The third-order valence-corrected chi connectivity index (χ3v) is 10.5. The van der Waals surface area contributed by atoms with Gasteiger partial charge in [-0.2, -0.15) is 0 Å². The summed E-state index contributed by atoms with van der Waals surface area (Å²) in [5.74, 6) is 4.18. The molecule has 164 valence electrons. The smallest absolute Gasteiger partial charge is 0.233 e. The second kappa shape index (κ2) is 7.38. The summed E-state index contributed by atoms with van der Waals surface area (Å²) < 4.78 is 6.63. The third-order valence-electron chi connectivity index (χ3n) is 9.51. The van der Waals surface area contributed by atoms with Crippen LogP contribution in [-0.4, -0.2) is 22.0 Å². The van der Waals surface area contributed by atoms with Crippen LogP contribution in [0.3, 0.4) is 0 Å². The number of hydrogen-bond donors (Lipinski definition) is 1. The Morgan fingerprint density at radius 1 is 1.10 bits per heavy atom. The second-order valence-corrected chi connectivity index (χ2v) is 12.9. The predicted octanol–water partition coefficient (Wildman–Crippen LogP) is 5.92. The van der Waals surface area contributed by atoms with Crippen LogP contribution in [0.1, 0.15) is 64.9 Å². The molecular weight excluding hydrogens is 485 g/mol. The highest BCUT2D eigenvalue weighted by Crippen LogP contribution is 2.65. The maximum Gasteiger partial charge on any atom is 0.233 e. The van der Waals surface area contributed by atoms with Gasteiger partial charge < -0.3 is 10.1 Å². The van der Waals surface area contributed by atoms with Crippen LogP contribution < -0.4 is 10.1 Å². The van der Waals surface area contributed by atoms with Crippen molar-refractivity contribution in [3.05, 3.63) is 29.8 Å². The minimum Gasteiger partial charge on any atom is -0.490 e. The molecule has 4 aliphatic rings. The van der Waals surface area contributed by atoms with Crippen LogP contribution in [0.2, 0.25) is 0 Å². The fourth-order valence-corrected chi connectivity index (χ4v) is 9.10. The molecule has 1 aliphatic heterocycles. The first kappa shape index (κ1) is 21.1. The van der Waals surface area contributed by atoms with Crippen molar-refractivity contribution >= 4 is 28.5 Å². The van der Waals surface area contributed by atoms with E-state index in [4.69, 9.17) is 4.74 Å². The number of benzene rings is 1. The van der Waals surface area contributed by atoms with Gasteiger partial charge in [0.05, 0.1) is 10.0 Å². The van der Waals surface area contributed by atoms with Crippen LogP contribution in [0.5, 0.6) is 5.75 Å². The van der Waals surface area contributed by atoms with Crippen molar-refractivity contribution in [3.63, 3.8) is 0 Å². The number of fused-ring (bicyclic) bond motifs is 5. The van der Waals surface area contributed by atoms with E-state index in [0.29, 0.717) is 23.5 Å². The van der Waals surface area contributed by atoms with E-state index in [0.717, 1.165) is 36.3 Å². The maximum atomic E-state index is 12.4. The first-order valence-electron chi connectivity index (χ1n) is 11.9. The molecule has 4 unspecified atom stereocenters. The molecule has 1 N–H and O–H groups in total. The number of rotatable bonds is 2. The van der Waals surface area contributed by atoms with Crippen molar-refractivity contribution in [3.8, 4) is 5.75 Å². The summed E-state index contributed by atoms with van der Waals surface area (Å²) in [7, 11) is 0. The molecule has 4 fully saturated rings. The molecule has 9 atom stereocenters. The number of ether oxygens (including phenoxy) is 1. The maximum absolute atomic E-state index is 12.4. The van der Waals surface area contributed by atoms with Crippen molar-refractivity contribution < 1.29 is 9.53 Å². The van der Waals surface area contributed by atoms with Gasteiger partial charge in [-0.3, -0.25) is 4.79 Å². The van der Waals surface area contributed by atoms with E-state index in [1.54, 1.807) is 0 Å². The van der Waals surface area contributed by atoms with E-state index < -0.39 is 0 Å². The third kappa shape index (κ3) is 3.31. The monoisotopic (exact) mass is 521 g/mol. The van der Waals surface area contributed by atoms with Gasteiger partial charge in [-0.05, 0) is 92.1 Å². The number of halogens is 1. The number of carbonyl (C=O) groups is 1. The highest BCUT2D eigenvalue weighted by Gasteiger charge is 2.62. The summed E-state index contributed by atoms with van der Waals surface area (Å²) in [4.78, 5) is 12.4. The SMILES string of the molecule is Cc1ccc(O[C@H]2CC3C4C(C)C[C@H]5NC(=O)[C@H](I)C[C@]5(C)C4CC[C@]3(C)C2)cc1. The summed E-state index contributed by atoms with van der Waals surface area (Å²) in [5, 5.41) is 3.42. The molecule has 3 nitrogen and oxygen atoms in total. The summed E-state index contributed by atoms with van der Waals surface area (Å²) >= 11 is 2.37. The van der Waals surface area contributed by atoms with E-state index in [9.17, 15) is 4.79 Å². The molecule has 0 radical (unpaired) electrons. The first-order chi connectivity index (χ1) is 14.2. The Labute approximate surface area is 195 Å². The lowest BCUT2D eigenvalue weighted by molar-refractivity contribution is -0.139. The minimum absolute atomic E-state index is 0.118. The lowest BCUT2D eigenvalue weighted by atomic mass is 9.45. The highest BCUT2D eigenvalue weighted by atomic mass is 127. The van der Waals surface area contributed by atoms with Gasteiger partial charge in [-0.1, -0.05) is 61.1 Å². The average molecular weight is 521 g/mol. The fourth-order valence-electron chi connectivity index (χ4n) is 7.97. The van der Waals surface area contributed by atoms with Crippen LogP contribution in [0, 0.1) is 41.4 Å². The van der Waals surface area contributed by atoms with Crippen LogP contribution in [0.15, 0.2) is 24.3 Å². The van der Waals surface area contributed by atoms with Crippen molar-refractivity contribution in [2.75, 3.05) is 0 Å². The van der Waals surface area contributed by atoms with Crippen molar-refractivity contribution in [1.29, 1.82) is 0 Å². The van der Waals surface area contributed by atoms with Crippen LogP contribution in [0.4, 0.5) is 0 Å². The molecule has 3 saturated carbocycles. The molecule has 30 heavy (non-hydrogen) atoms. The molecule has 1 saturated heterocycles. The largest absolute Gasteiger partial charge is 0.490 e. The van der Waals surface area contributed by atoms with Gasteiger partial charge in [-0.25, -0.2) is 0 Å². The van der Waals surface area contributed by atoms with Gasteiger partial charge in [0.1, 0.15) is 5.75 Å². The molecule has 1 amide bonds. The van der Waals surface area contributed by atoms with E-state index in [2.05, 4.69) is 79.9 Å². The first-order valence-corrected chi connectivity index (χ1v) is 13.1. The van der Waals surface area contributed by atoms with Gasteiger partial charge in [0.25, 0.3) is 0 Å². The molecule has 1 heterocycles. The van der Waals surface area contributed by atoms with Gasteiger partial charge in [0.2, 0.25) is 5.91 Å². The lowest BCUT2D eigenvalue weighted by Crippen LogP contribution is -2.64. The Morgan fingerprint density at radius 3 is 2.57 bits per heavy atom. The predicted molar refractivity (Wildman–Crippen MR) is 129 cm³/mol. The van der Waals surface area contributed by atoms with Gasteiger partial charge in [-0.15, -0.1) is 0 Å². The Bertz CT molecular complexity index is 825. The van der Waals surface area contributed by atoms with Gasteiger partial charge >= 0.3 is 0 Å². The summed E-state index contributed by atoms with van der Waals surface area (Å²) in [6, 6.07) is 8.91. The van der Waals surface area contributed by atoms with E-state index >= 15 is 0 Å². The van der Waals surface area contributed by atoms with E-state index in [1.165, 1.54) is 31.2 Å². The number of hydrogen-bond acceptors (Lipinski definition) is 2. The molecule has 0 aromatic heterocycles. The molecule has 5 rings (SSSR count). The standard InChI is InChI=1S/C26H36INO2/c1-15-5-7-17(8-6-15)30-18-12-20-23-16(2)11-22-26(4,14-21(27)24(29)28-22)19(23)9-10-25(20,3)13-18/h5-8,16,18-23H,9-14H2,1-4H3,(H,28,29)/t16?,18-,19?,20?,21+,22+,23?,25+,26+/m0/s1. The molecule has 4 heteroatoms. The van der Waals surface area contributed by atoms with Crippen molar-refractivity contribution in [1.82, 2.24) is 5.32 Å². The molecule has 1 aromatic carbocycles. The summed E-state index contributed by atoms with van der Waals surface area (Å²) in [6.07, 6.45) is 7.52. The number of carbonyl (C=O) groups excluding carboxylic acids is 1. The highest BCUT2D eigenvalue weighted by molar-refractivity contribution is 14.1. The number of nitrogens with one attached hydrogen (secondary N) is 1. The number of piperidine rings is 1. The zero-order valence-electron chi connectivity index (χ0n) is 18.8. The fraction of sp³-hybridized carbons (Fsp3) is 0.731. The lowest BCUT2D eigenvalue weighted by Gasteiger charge is -2.62. The topological polar surface area (TPSA) is 38.3 Å². The van der Waals surface area contributed by atoms with E-state index in [-0.39, 0.29) is 15.2 Å². The Kier molecular flexibility index (Phi) is 5.19. The zero-order chi connectivity index (χ0) is 21.3. The molecule has 0 spiro atoms. The normalized spacial score (nSPS) is 47.6. The van der Waals surface area contributed by atoms with E-state index in [1.807, 2.05) is 0 Å². The molecule has 1 aromatic rings. The minimum atomic E-state index is 0.118. The Morgan fingerprint density at radius 2 is 1.83 bits per heavy atom. The number of aryl methyl sites for hydroxylation is 1. The summed E-state index contributed by atoms with van der Waals surface area (Å²) in [6.45, 7) is 9.61. The molecule has 0 bridgehead atoms. The van der Waals surface area contributed by atoms with Crippen LogP contribution >= 0.6 is 22.6 Å². The van der Waals surface area contributed by atoms with Crippen molar-refractivity contribution in [2.24, 2.45) is 34.5 Å². The second-order valence-electron chi connectivity index (χ2n) is 11.4. The summed E-state index contributed by atoms with van der Waals surface area (Å²) in [5.41, 5.74) is 1.92. The molecular formula is C26H36INO2. The van der Waals surface area contributed by atoms with Crippen molar-refractivity contribution in [2.45, 2.75) is 82.3 Å². The zero-order valence-corrected chi connectivity index (χ0v) is 20.9. The van der Waals surface area contributed by atoms with Gasteiger partial charge in [0.15, 0.2) is 0 Å². The van der Waals surface area contributed by atoms with Crippen LogP contribution in [0.25, 0.3) is 0 Å². The Hall–Kier alpha value is -0.780. The Balaban J connectivity index is 1.39. The molecule has 3 aliphatic carbocycles. The number of amides is 1. The average Bonchev–Trinajstić information content (AvgIpc) is 3.02. The van der Waals surface area contributed by atoms with Gasteiger partial charge in [0, 0.05) is 6.04 Å².